The Morgan fingerprint density at radius 3 is 2.69 bits per heavy atom. The first-order valence-electron chi connectivity index (χ1n) is 8.86. The maximum Gasteiger partial charge on any atom is 0.224 e. The SMILES string of the molecule is CC.NN/C=C(\N)c1ccccc1NC(=O)CCCCCn1ccnn1. The lowest BCUT2D eigenvalue weighted by molar-refractivity contribution is -0.116. The summed E-state index contributed by atoms with van der Waals surface area (Å²) in [5, 5.41) is 10.6. The van der Waals surface area contributed by atoms with Crippen LogP contribution in [0.1, 0.15) is 45.1 Å². The minimum atomic E-state index is -0.0308. The lowest BCUT2D eigenvalue weighted by Gasteiger charge is -2.11. The summed E-state index contributed by atoms with van der Waals surface area (Å²) >= 11 is 0. The number of hydrogen-bond donors (Lipinski definition) is 4. The number of para-hydroxylation sites is 1. The number of nitrogens with zero attached hydrogens (tertiary/aromatic N) is 3. The number of nitrogens with one attached hydrogen (secondary N) is 2. The first kappa shape index (κ1) is 21.2. The van der Waals surface area contributed by atoms with Crippen molar-refractivity contribution in [2.24, 2.45) is 11.6 Å². The van der Waals surface area contributed by atoms with Crippen molar-refractivity contribution in [3.05, 3.63) is 48.4 Å². The van der Waals surface area contributed by atoms with Gasteiger partial charge in [0.25, 0.3) is 0 Å². The minimum Gasteiger partial charge on any atom is -0.397 e. The molecule has 0 aliphatic rings. The van der Waals surface area contributed by atoms with Crippen molar-refractivity contribution >= 4 is 17.3 Å². The Kier molecular flexibility index (Phi) is 10.2. The molecule has 26 heavy (non-hydrogen) atoms. The van der Waals surface area contributed by atoms with E-state index in [1.807, 2.05) is 44.3 Å². The molecule has 8 nitrogen and oxygen atoms in total. The summed E-state index contributed by atoms with van der Waals surface area (Å²) < 4.78 is 1.79. The highest BCUT2D eigenvalue weighted by Gasteiger charge is 2.08. The second kappa shape index (κ2) is 12.5. The number of rotatable bonds is 9. The van der Waals surface area contributed by atoms with Crippen molar-refractivity contribution in [1.82, 2.24) is 20.4 Å². The Balaban J connectivity index is 0.00000163. The van der Waals surface area contributed by atoms with Crippen LogP contribution in [0.4, 0.5) is 5.69 Å². The Morgan fingerprint density at radius 2 is 2.00 bits per heavy atom. The molecule has 0 atom stereocenters. The molecule has 0 aliphatic carbocycles. The zero-order valence-corrected chi connectivity index (χ0v) is 15.5. The summed E-state index contributed by atoms with van der Waals surface area (Å²) in [7, 11) is 0. The third-order valence-electron chi connectivity index (χ3n) is 3.51. The zero-order valence-electron chi connectivity index (χ0n) is 15.5. The fourth-order valence-corrected chi connectivity index (χ4v) is 2.31. The van der Waals surface area contributed by atoms with Crippen molar-refractivity contribution in [2.75, 3.05) is 5.32 Å². The first-order valence-corrected chi connectivity index (χ1v) is 8.86. The normalized spacial score (nSPS) is 10.7. The Morgan fingerprint density at radius 1 is 1.23 bits per heavy atom. The van der Waals surface area contributed by atoms with Crippen molar-refractivity contribution in [1.29, 1.82) is 0 Å². The third-order valence-corrected chi connectivity index (χ3v) is 3.51. The van der Waals surface area contributed by atoms with Gasteiger partial charge in [0.2, 0.25) is 5.91 Å². The van der Waals surface area contributed by atoms with E-state index in [1.54, 1.807) is 10.9 Å². The van der Waals surface area contributed by atoms with E-state index in [0.717, 1.165) is 31.4 Å². The van der Waals surface area contributed by atoms with E-state index >= 15 is 0 Å². The number of nitrogens with two attached hydrogens (primary N) is 2. The monoisotopic (exact) mass is 359 g/mol. The van der Waals surface area contributed by atoms with Crippen LogP contribution in [0.25, 0.3) is 5.70 Å². The Hall–Kier alpha value is -2.87. The van der Waals surface area contributed by atoms with E-state index in [-0.39, 0.29) is 5.91 Å². The van der Waals surface area contributed by atoms with Crippen molar-refractivity contribution in [2.45, 2.75) is 46.1 Å². The molecule has 0 unspecified atom stereocenters. The molecule has 6 N–H and O–H groups in total. The van der Waals surface area contributed by atoms with Gasteiger partial charge >= 0.3 is 0 Å². The molecule has 0 aliphatic heterocycles. The number of carbonyl (C=O) groups excluding carboxylic acids is 1. The Labute approximate surface area is 154 Å². The summed E-state index contributed by atoms with van der Waals surface area (Å²) in [6.45, 7) is 4.82. The van der Waals surface area contributed by atoms with Gasteiger partial charge in [-0.1, -0.05) is 43.7 Å². The lowest BCUT2D eigenvalue weighted by atomic mass is 10.1. The molecule has 8 heteroatoms. The van der Waals surface area contributed by atoms with Gasteiger partial charge in [0.05, 0.1) is 17.6 Å². The van der Waals surface area contributed by atoms with Crippen molar-refractivity contribution < 1.29 is 4.79 Å². The number of hydrogen-bond acceptors (Lipinski definition) is 6. The molecule has 0 saturated heterocycles. The number of unbranched alkanes of at least 4 members (excludes halogenated alkanes) is 2. The van der Waals surface area contributed by atoms with E-state index in [4.69, 9.17) is 11.6 Å². The van der Waals surface area contributed by atoms with Crippen LogP contribution in [0.15, 0.2) is 42.9 Å². The van der Waals surface area contributed by atoms with Crippen LogP contribution in [0, 0.1) is 0 Å². The van der Waals surface area contributed by atoms with E-state index in [0.29, 0.717) is 17.8 Å². The van der Waals surface area contributed by atoms with Gasteiger partial charge in [-0.3, -0.25) is 15.3 Å². The van der Waals surface area contributed by atoms with Crippen LogP contribution in [0.5, 0.6) is 0 Å². The smallest absolute Gasteiger partial charge is 0.224 e. The molecule has 1 aromatic carbocycles. The Bertz CT molecular complexity index is 668. The zero-order chi connectivity index (χ0) is 19.2. The van der Waals surface area contributed by atoms with E-state index in [2.05, 4.69) is 21.1 Å². The predicted molar refractivity (Wildman–Crippen MR) is 104 cm³/mol. The van der Waals surface area contributed by atoms with Gasteiger partial charge in [0, 0.05) is 30.9 Å². The standard InChI is InChI=1S/C16H23N7O.C2H6/c17-14(12-19-18)13-6-3-4-7-15(13)21-16(24)8-2-1-5-10-23-11-9-20-22-23;1-2/h3-4,6-7,9,11-12,19H,1-2,5,8,10,17-18H2,(H,21,24);1-2H3/b14-12-;. The van der Waals surface area contributed by atoms with E-state index in [1.165, 1.54) is 6.20 Å². The van der Waals surface area contributed by atoms with Gasteiger partial charge in [-0.15, -0.1) is 5.10 Å². The highest BCUT2D eigenvalue weighted by Crippen LogP contribution is 2.20. The maximum atomic E-state index is 12.1. The fourth-order valence-electron chi connectivity index (χ4n) is 2.31. The van der Waals surface area contributed by atoms with E-state index < -0.39 is 0 Å². The highest BCUT2D eigenvalue weighted by atomic mass is 16.1. The van der Waals surface area contributed by atoms with Gasteiger partial charge in [-0.25, -0.2) is 0 Å². The average molecular weight is 359 g/mol. The van der Waals surface area contributed by atoms with Gasteiger partial charge in [0.1, 0.15) is 0 Å². The van der Waals surface area contributed by atoms with Gasteiger partial charge in [0.15, 0.2) is 0 Å². The predicted octanol–water partition coefficient (Wildman–Crippen LogP) is 2.22. The second-order valence-electron chi connectivity index (χ2n) is 5.34. The summed E-state index contributed by atoms with van der Waals surface area (Å²) in [6.07, 6.45) is 8.17. The largest absolute Gasteiger partial charge is 0.397 e. The second-order valence-corrected chi connectivity index (χ2v) is 5.34. The van der Waals surface area contributed by atoms with Crippen molar-refractivity contribution in [3.8, 4) is 0 Å². The number of carbonyl (C=O) groups is 1. The molecule has 2 aromatic rings. The summed E-state index contributed by atoms with van der Waals surface area (Å²) in [5.74, 6) is 5.21. The molecule has 2 rings (SSSR count). The number of benzene rings is 1. The van der Waals surface area contributed by atoms with Gasteiger partial charge < -0.3 is 16.5 Å². The molecule has 1 heterocycles. The third kappa shape index (κ3) is 7.35. The van der Waals surface area contributed by atoms with Gasteiger partial charge in [-0.05, 0) is 18.9 Å². The molecule has 0 spiro atoms. The molecular weight excluding hydrogens is 330 g/mol. The van der Waals surface area contributed by atoms with E-state index in [9.17, 15) is 4.79 Å². The number of hydrazine groups is 1. The number of aromatic nitrogens is 3. The first-order chi connectivity index (χ1) is 12.7. The molecule has 0 bridgehead atoms. The molecule has 142 valence electrons. The highest BCUT2D eigenvalue weighted by molar-refractivity contribution is 5.93. The molecule has 0 radical (unpaired) electrons. The summed E-state index contributed by atoms with van der Waals surface area (Å²) in [5.41, 5.74) is 10.2. The molecule has 0 saturated carbocycles. The summed E-state index contributed by atoms with van der Waals surface area (Å²) in [4.78, 5) is 12.1. The van der Waals surface area contributed by atoms with Crippen LogP contribution < -0.4 is 22.3 Å². The lowest BCUT2D eigenvalue weighted by Crippen LogP contribution is -2.17. The molecule has 0 fully saturated rings. The van der Waals surface area contributed by atoms with Crippen LogP contribution >= 0.6 is 0 Å². The summed E-state index contributed by atoms with van der Waals surface area (Å²) in [6, 6.07) is 7.35. The van der Waals surface area contributed by atoms with Crippen molar-refractivity contribution in [3.63, 3.8) is 0 Å². The topological polar surface area (TPSA) is 124 Å². The molecule has 1 amide bonds. The molecule has 1 aromatic heterocycles. The number of anilines is 1. The maximum absolute atomic E-state index is 12.1. The van der Waals surface area contributed by atoms with Crippen LogP contribution in [0.2, 0.25) is 0 Å². The van der Waals surface area contributed by atoms with Gasteiger partial charge in [-0.2, -0.15) is 0 Å². The quantitative estimate of drug-likeness (QED) is 0.309. The fraction of sp³-hybridized carbons (Fsp3) is 0.389. The van der Waals surface area contributed by atoms with Crippen LogP contribution in [-0.4, -0.2) is 20.9 Å². The average Bonchev–Trinajstić information content (AvgIpc) is 3.17. The minimum absolute atomic E-state index is 0.0308. The number of aryl methyl sites for hydroxylation is 1. The number of amides is 1. The van der Waals surface area contributed by atoms with Crippen LogP contribution in [0.3, 0.4) is 0 Å². The van der Waals surface area contributed by atoms with Crippen LogP contribution in [-0.2, 0) is 11.3 Å². The molecular formula is C18H29N7O.